The number of hydrogen-bond acceptors (Lipinski definition) is 0. The van der Waals surface area contributed by atoms with E-state index in [1.165, 1.54) is 34.1 Å². The molecule has 1 nitrogen and oxygen atoms in total. The summed E-state index contributed by atoms with van der Waals surface area (Å²) in [6.07, 6.45) is 1.23. The minimum Gasteiger partial charge on any atom is -0.347 e. The average Bonchev–Trinajstić information content (AvgIpc) is 2.98. The molecule has 0 saturated carbocycles. The van der Waals surface area contributed by atoms with Crippen LogP contribution < -0.4 is 0 Å². The van der Waals surface area contributed by atoms with Gasteiger partial charge in [0.05, 0.1) is 0 Å². The van der Waals surface area contributed by atoms with E-state index in [9.17, 15) is 0 Å². The first-order chi connectivity index (χ1) is 10.2. The lowest BCUT2D eigenvalue weighted by Crippen LogP contribution is -2.03. The second-order valence-corrected chi connectivity index (χ2v) is 6.48. The molecule has 2 atom stereocenters. The van der Waals surface area contributed by atoms with Crippen molar-refractivity contribution < 1.29 is 0 Å². The summed E-state index contributed by atoms with van der Waals surface area (Å²) < 4.78 is 2.42. The van der Waals surface area contributed by atoms with Crippen molar-refractivity contribution in [2.24, 2.45) is 7.05 Å². The number of fused-ring (bicyclic) bond motifs is 3. The third-order valence-electron chi connectivity index (χ3n) is 5.08. The van der Waals surface area contributed by atoms with Crippen molar-refractivity contribution in [1.82, 2.24) is 4.57 Å². The van der Waals surface area contributed by atoms with Gasteiger partial charge in [0.2, 0.25) is 0 Å². The van der Waals surface area contributed by atoms with Gasteiger partial charge in [-0.25, -0.2) is 0 Å². The predicted octanol–water partition coefficient (Wildman–Crippen LogP) is 5.13. The molecule has 0 fully saturated rings. The van der Waals surface area contributed by atoms with Gasteiger partial charge < -0.3 is 4.57 Å². The Morgan fingerprint density at radius 3 is 2.48 bits per heavy atom. The molecule has 0 spiro atoms. The number of aromatic nitrogens is 1. The Balaban J connectivity index is 1.95. The van der Waals surface area contributed by atoms with Gasteiger partial charge in [0.25, 0.3) is 0 Å². The van der Waals surface area contributed by atoms with Gasteiger partial charge in [0.15, 0.2) is 0 Å². The lowest BCUT2D eigenvalue weighted by Gasteiger charge is -2.15. The minimum atomic E-state index is 0.535. The normalized spacial score (nSPS) is 20.9. The van der Waals surface area contributed by atoms with Crippen molar-refractivity contribution in [2.75, 3.05) is 0 Å². The van der Waals surface area contributed by atoms with Crippen molar-refractivity contribution in [3.8, 4) is 0 Å². The summed E-state index contributed by atoms with van der Waals surface area (Å²) >= 11 is 0. The maximum atomic E-state index is 2.42. The van der Waals surface area contributed by atoms with E-state index in [-0.39, 0.29) is 0 Å². The molecule has 0 radical (unpaired) electrons. The van der Waals surface area contributed by atoms with E-state index in [4.69, 9.17) is 0 Å². The van der Waals surface area contributed by atoms with Gasteiger partial charge in [-0.2, -0.15) is 0 Å². The molecule has 0 bridgehead atoms. The zero-order valence-electron chi connectivity index (χ0n) is 12.9. The quantitative estimate of drug-likeness (QED) is 0.580. The van der Waals surface area contributed by atoms with Gasteiger partial charge in [-0.3, -0.25) is 0 Å². The molecule has 0 saturated heterocycles. The Morgan fingerprint density at radius 1 is 1.00 bits per heavy atom. The highest BCUT2D eigenvalue weighted by molar-refractivity contribution is 5.87. The van der Waals surface area contributed by atoms with Crippen LogP contribution in [0, 0.1) is 6.92 Å². The summed E-state index contributed by atoms with van der Waals surface area (Å²) in [5.74, 6) is 1.17. The average molecular weight is 275 g/mol. The summed E-state index contributed by atoms with van der Waals surface area (Å²) in [7, 11) is 2.22. The van der Waals surface area contributed by atoms with Crippen LogP contribution in [0.3, 0.4) is 0 Å². The summed E-state index contributed by atoms with van der Waals surface area (Å²) in [5.41, 5.74) is 7.25. The van der Waals surface area contributed by atoms with Crippen LogP contribution in [0.4, 0.5) is 0 Å². The highest BCUT2D eigenvalue weighted by Crippen LogP contribution is 2.49. The van der Waals surface area contributed by atoms with Gasteiger partial charge in [0, 0.05) is 29.6 Å². The minimum absolute atomic E-state index is 0.535. The standard InChI is InChI=1S/C20H21N/c1-13-8-10-15(11-9-13)17-12-14(2)19-16-6-4-5-7-18(16)21(3)20(17)19/h4-11,14,17H,12H2,1-3H3. The second-order valence-electron chi connectivity index (χ2n) is 6.48. The number of rotatable bonds is 1. The van der Waals surface area contributed by atoms with Crippen LogP contribution in [0.1, 0.15) is 47.6 Å². The fourth-order valence-electron chi connectivity index (χ4n) is 4.06. The van der Waals surface area contributed by atoms with E-state index < -0.39 is 0 Å². The molecule has 106 valence electrons. The first kappa shape index (κ1) is 12.7. The maximum absolute atomic E-state index is 2.42. The van der Waals surface area contributed by atoms with Gasteiger partial charge >= 0.3 is 0 Å². The van der Waals surface area contributed by atoms with E-state index in [0.717, 1.165) is 0 Å². The lowest BCUT2D eigenvalue weighted by molar-refractivity contribution is 0.667. The summed E-state index contributed by atoms with van der Waals surface area (Å²) in [4.78, 5) is 0. The largest absolute Gasteiger partial charge is 0.347 e. The zero-order valence-corrected chi connectivity index (χ0v) is 12.9. The Hall–Kier alpha value is -2.02. The molecular weight excluding hydrogens is 254 g/mol. The first-order valence-electron chi connectivity index (χ1n) is 7.80. The monoisotopic (exact) mass is 275 g/mol. The molecule has 3 aromatic rings. The third-order valence-corrected chi connectivity index (χ3v) is 5.08. The van der Waals surface area contributed by atoms with Crippen LogP contribution >= 0.6 is 0 Å². The second kappa shape index (κ2) is 4.49. The van der Waals surface area contributed by atoms with Crippen molar-refractivity contribution in [1.29, 1.82) is 0 Å². The number of para-hydroxylation sites is 1. The molecule has 0 amide bonds. The zero-order chi connectivity index (χ0) is 14.6. The molecule has 1 heteroatoms. The molecule has 1 aromatic heterocycles. The van der Waals surface area contributed by atoms with Crippen molar-refractivity contribution in [3.63, 3.8) is 0 Å². The Bertz CT molecular complexity index is 808. The molecule has 0 aliphatic heterocycles. The van der Waals surface area contributed by atoms with Crippen molar-refractivity contribution >= 4 is 10.9 Å². The molecule has 1 aliphatic rings. The molecule has 1 heterocycles. The molecule has 4 rings (SSSR count). The molecule has 2 unspecified atom stereocenters. The summed E-state index contributed by atoms with van der Waals surface area (Å²) in [5, 5.41) is 1.44. The number of aryl methyl sites for hydroxylation is 2. The molecular formula is C20H21N. The lowest BCUT2D eigenvalue weighted by atomic mass is 9.94. The summed E-state index contributed by atoms with van der Waals surface area (Å²) in [6.45, 7) is 4.53. The van der Waals surface area contributed by atoms with Crippen LogP contribution in [0.5, 0.6) is 0 Å². The van der Waals surface area contributed by atoms with Gasteiger partial charge in [-0.15, -0.1) is 0 Å². The highest BCUT2D eigenvalue weighted by Gasteiger charge is 2.34. The molecule has 21 heavy (non-hydrogen) atoms. The van der Waals surface area contributed by atoms with Gasteiger partial charge in [-0.05, 0) is 36.5 Å². The van der Waals surface area contributed by atoms with Crippen molar-refractivity contribution in [2.45, 2.75) is 32.1 Å². The third kappa shape index (κ3) is 1.77. The predicted molar refractivity (Wildman–Crippen MR) is 89.0 cm³/mol. The Labute approximate surface area is 126 Å². The molecule has 1 aliphatic carbocycles. The number of benzene rings is 2. The Morgan fingerprint density at radius 2 is 1.71 bits per heavy atom. The van der Waals surface area contributed by atoms with E-state index >= 15 is 0 Å². The first-order valence-corrected chi connectivity index (χ1v) is 7.80. The van der Waals surface area contributed by atoms with E-state index in [1.54, 1.807) is 5.56 Å². The topological polar surface area (TPSA) is 4.93 Å². The van der Waals surface area contributed by atoms with E-state index in [2.05, 4.69) is 74.0 Å². The fraction of sp³-hybridized carbons (Fsp3) is 0.300. The van der Waals surface area contributed by atoms with Crippen LogP contribution in [-0.4, -0.2) is 4.57 Å². The number of hydrogen-bond donors (Lipinski definition) is 0. The van der Waals surface area contributed by atoms with Crippen LogP contribution in [0.2, 0.25) is 0 Å². The smallest absolute Gasteiger partial charge is 0.0483 e. The Kier molecular flexibility index (Phi) is 2.72. The molecule has 2 aromatic carbocycles. The van der Waals surface area contributed by atoms with Crippen LogP contribution in [0.25, 0.3) is 10.9 Å². The van der Waals surface area contributed by atoms with Crippen LogP contribution in [0.15, 0.2) is 48.5 Å². The van der Waals surface area contributed by atoms with Gasteiger partial charge in [0.1, 0.15) is 0 Å². The SMILES string of the molecule is Cc1ccc(C2CC(C)c3c2n(C)c2ccccc32)cc1. The van der Waals surface area contributed by atoms with Gasteiger partial charge in [-0.1, -0.05) is 55.0 Å². The summed E-state index contributed by atoms with van der Waals surface area (Å²) in [6, 6.07) is 17.9. The highest BCUT2D eigenvalue weighted by atomic mass is 15.0. The van der Waals surface area contributed by atoms with Crippen molar-refractivity contribution in [3.05, 3.63) is 70.9 Å². The molecule has 0 N–H and O–H groups in total. The van der Waals surface area contributed by atoms with E-state index in [1.807, 2.05) is 0 Å². The van der Waals surface area contributed by atoms with E-state index in [0.29, 0.717) is 11.8 Å². The fourth-order valence-corrected chi connectivity index (χ4v) is 4.06. The van der Waals surface area contributed by atoms with Crippen LogP contribution in [-0.2, 0) is 7.05 Å². The number of nitrogens with zero attached hydrogens (tertiary/aromatic N) is 1. The maximum Gasteiger partial charge on any atom is 0.0483 e.